The third kappa shape index (κ3) is 4.09. The van der Waals surface area contributed by atoms with Gasteiger partial charge in [-0.1, -0.05) is 19.9 Å². The van der Waals surface area contributed by atoms with Gasteiger partial charge in [0.15, 0.2) is 0 Å². The maximum absolute atomic E-state index is 5.55. The molecule has 1 heterocycles. The Hall–Kier alpha value is -1.48. The minimum atomic E-state index is 0.449. The van der Waals surface area contributed by atoms with Crippen LogP contribution in [0.5, 0.6) is 5.75 Å². The van der Waals surface area contributed by atoms with Gasteiger partial charge in [-0.05, 0) is 61.1 Å². The summed E-state index contributed by atoms with van der Waals surface area (Å²) in [7, 11) is 1.77. The zero-order chi connectivity index (χ0) is 18.1. The van der Waals surface area contributed by atoms with E-state index >= 15 is 0 Å². The Labute approximate surface area is 159 Å². The molecule has 2 aliphatic carbocycles. The highest BCUT2D eigenvalue weighted by Crippen LogP contribution is 2.41. The van der Waals surface area contributed by atoms with Gasteiger partial charge in [0.25, 0.3) is 0 Å². The number of nitrogens with zero attached hydrogens (tertiary/aromatic N) is 2. The lowest BCUT2D eigenvalue weighted by molar-refractivity contribution is 0.248. The molecule has 0 spiro atoms. The molecule has 0 N–H and O–H groups in total. The van der Waals surface area contributed by atoms with E-state index in [1.807, 2.05) is 0 Å². The maximum atomic E-state index is 5.55. The van der Waals surface area contributed by atoms with Crippen LogP contribution in [0.25, 0.3) is 5.57 Å². The van der Waals surface area contributed by atoms with Crippen LogP contribution in [0, 0.1) is 11.3 Å². The highest BCUT2D eigenvalue weighted by molar-refractivity contribution is 5.78. The number of piperazine rings is 1. The Morgan fingerprint density at radius 2 is 1.88 bits per heavy atom. The second-order valence-corrected chi connectivity index (χ2v) is 9.21. The van der Waals surface area contributed by atoms with Gasteiger partial charge in [-0.3, -0.25) is 4.90 Å². The monoisotopic (exact) mass is 354 g/mol. The summed E-state index contributed by atoms with van der Waals surface area (Å²) in [5.41, 5.74) is 4.78. The van der Waals surface area contributed by atoms with Crippen LogP contribution in [0.3, 0.4) is 0 Å². The van der Waals surface area contributed by atoms with Crippen LogP contribution in [-0.2, 0) is 0 Å². The van der Waals surface area contributed by atoms with Gasteiger partial charge >= 0.3 is 0 Å². The Kier molecular flexibility index (Phi) is 5.00. The summed E-state index contributed by atoms with van der Waals surface area (Å²) >= 11 is 0. The molecule has 0 aromatic heterocycles. The predicted octanol–water partition coefficient (Wildman–Crippen LogP) is 4.82. The third-order valence-corrected chi connectivity index (χ3v) is 6.45. The summed E-state index contributed by atoms with van der Waals surface area (Å²) in [6.07, 6.45) is 9.03. The Morgan fingerprint density at radius 3 is 2.50 bits per heavy atom. The zero-order valence-corrected chi connectivity index (χ0v) is 16.8. The molecule has 1 aromatic carbocycles. The van der Waals surface area contributed by atoms with Crippen LogP contribution in [0.1, 0.15) is 51.5 Å². The molecule has 3 heteroatoms. The Morgan fingerprint density at radius 1 is 1.12 bits per heavy atom. The van der Waals surface area contributed by atoms with Crippen LogP contribution in [-0.4, -0.2) is 44.7 Å². The van der Waals surface area contributed by atoms with Crippen molar-refractivity contribution in [2.45, 2.75) is 46.0 Å². The summed E-state index contributed by atoms with van der Waals surface area (Å²) < 4.78 is 5.55. The van der Waals surface area contributed by atoms with Crippen molar-refractivity contribution >= 4 is 11.3 Å². The molecule has 2 fully saturated rings. The van der Waals surface area contributed by atoms with Gasteiger partial charge in [-0.25, -0.2) is 0 Å². The summed E-state index contributed by atoms with van der Waals surface area (Å²) in [5, 5.41) is 0. The minimum absolute atomic E-state index is 0.449. The van der Waals surface area contributed by atoms with Crippen molar-refractivity contribution in [2.24, 2.45) is 11.3 Å². The number of hydrogen-bond donors (Lipinski definition) is 0. The zero-order valence-electron chi connectivity index (χ0n) is 16.8. The number of ether oxygens (including phenoxy) is 1. The fourth-order valence-corrected chi connectivity index (χ4v) is 4.33. The van der Waals surface area contributed by atoms with E-state index in [4.69, 9.17) is 4.74 Å². The molecule has 1 saturated carbocycles. The number of hydrogen-bond acceptors (Lipinski definition) is 3. The van der Waals surface area contributed by atoms with Gasteiger partial charge in [-0.15, -0.1) is 0 Å². The van der Waals surface area contributed by atoms with Gasteiger partial charge in [-0.2, -0.15) is 0 Å². The molecular formula is C23H34N2O. The topological polar surface area (TPSA) is 15.7 Å². The standard InChI is InChI=1S/C23H34N2O/c1-23(2)10-8-19(9-11-23)21-7-6-20(26-3)16-22(21)25-14-12-24(13-15-25)17-18-4-5-18/h6-8,16,18H,4-5,9-15,17H2,1-3H3. The van der Waals surface area contributed by atoms with E-state index in [1.165, 1.54) is 68.6 Å². The fourth-order valence-electron chi connectivity index (χ4n) is 4.33. The van der Waals surface area contributed by atoms with Crippen molar-refractivity contribution < 1.29 is 4.74 Å². The summed E-state index contributed by atoms with van der Waals surface area (Å²) in [6, 6.07) is 6.67. The average Bonchev–Trinajstić information content (AvgIpc) is 3.46. The van der Waals surface area contributed by atoms with Gasteiger partial charge in [0.05, 0.1) is 7.11 Å². The normalized spacial score (nSPS) is 23.7. The SMILES string of the molecule is COc1ccc(C2=CCC(C)(C)CC2)c(N2CCN(CC3CC3)CC2)c1. The minimum Gasteiger partial charge on any atom is -0.497 e. The highest BCUT2D eigenvalue weighted by atomic mass is 16.5. The molecule has 1 aliphatic heterocycles. The van der Waals surface area contributed by atoms with Crippen molar-refractivity contribution in [3.05, 3.63) is 29.8 Å². The van der Waals surface area contributed by atoms with Crippen LogP contribution >= 0.6 is 0 Å². The molecule has 0 amide bonds. The molecular weight excluding hydrogens is 320 g/mol. The molecule has 0 radical (unpaired) electrons. The first-order valence-corrected chi connectivity index (χ1v) is 10.4. The lowest BCUT2D eigenvalue weighted by atomic mass is 9.77. The molecule has 0 atom stereocenters. The number of methoxy groups -OCH3 is 1. The predicted molar refractivity (Wildman–Crippen MR) is 110 cm³/mol. The lowest BCUT2D eigenvalue weighted by Gasteiger charge is -2.38. The smallest absolute Gasteiger partial charge is 0.120 e. The molecule has 0 unspecified atom stereocenters. The van der Waals surface area contributed by atoms with Gasteiger partial charge in [0.1, 0.15) is 5.75 Å². The van der Waals surface area contributed by atoms with Crippen LogP contribution in [0.4, 0.5) is 5.69 Å². The second kappa shape index (κ2) is 7.26. The first-order chi connectivity index (χ1) is 12.5. The molecule has 4 rings (SSSR count). The molecule has 26 heavy (non-hydrogen) atoms. The van der Waals surface area contributed by atoms with Crippen LogP contribution in [0.2, 0.25) is 0 Å². The maximum Gasteiger partial charge on any atom is 0.120 e. The van der Waals surface area contributed by atoms with Gasteiger partial charge < -0.3 is 9.64 Å². The number of benzene rings is 1. The van der Waals surface area contributed by atoms with Crippen molar-refractivity contribution in [2.75, 3.05) is 44.7 Å². The quantitative estimate of drug-likeness (QED) is 0.754. The average molecular weight is 355 g/mol. The summed E-state index contributed by atoms with van der Waals surface area (Å²) in [6.45, 7) is 10.7. The van der Waals surface area contributed by atoms with Crippen molar-refractivity contribution in [3.8, 4) is 5.75 Å². The number of rotatable bonds is 5. The van der Waals surface area contributed by atoms with Crippen LogP contribution in [0.15, 0.2) is 24.3 Å². The molecule has 1 saturated heterocycles. The molecule has 3 nitrogen and oxygen atoms in total. The van der Waals surface area contributed by atoms with E-state index in [0.717, 1.165) is 24.8 Å². The van der Waals surface area contributed by atoms with E-state index in [1.54, 1.807) is 7.11 Å². The second-order valence-electron chi connectivity index (χ2n) is 9.21. The van der Waals surface area contributed by atoms with E-state index in [-0.39, 0.29) is 0 Å². The molecule has 0 bridgehead atoms. The lowest BCUT2D eigenvalue weighted by Crippen LogP contribution is -2.47. The number of anilines is 1. The molecule has 1 aromatic rings. The van der Waals surface area contributed by atoms with Gasteiger partial charge in [0, 0.05) is 50.0 Å². The van der Waals surface area contributed by atoms with E-state index in [2.05, 4.69) is 47.9 Å². The third-order valence-electron chi connectivity index (χ3n) is 6.45. The van der Waals surface area contributed by atoms with Crippen molar-refractivity contribution in [3.63, 3.8) is 0 Å². The largest absolute Gasteiger partial charge is 0.497 e. The van der Waals surface area contributed by atoms with Crippen molar-refractivity contribution in [1.82, 2.24) is 4.90 Å². The van der Waals surface area contributed by atoms with Gasteiger partial charge in [0.2, 0.25) is 0 Å². The summed E-state index contributed by atoms with van der Waals surface area (Å²) in [5.74, 6) is 1.96. The first kappa shape index (κ1) is 17.9. The van der Waals surface area contributed by atoms with E-state index in [9.17, 15) is 0 Å². The molecule has 3 aliphatic rings. The summed E-state index contributed by atoms with van der Waals surface area (Å²) in [4.78, 5) is 5.25. The highest BCUT2D eigenvalue weighted by Gasteiger charge is 2.28. The number of allylic oxidation sites excluding steroid dienone is 2. The Balaban J connectivity index is 1.53. The fraction of sp³-hybridized carbons (Fsp3) is 0.652. The van der Waals surface area contributed by atoms with Crippen LogP contribution < -0.4 is 9.64 Å². The first-order valence-electron chi connectivity index (χ1n) is 10.4. The van der Waals surface area contributed by atoms with E-state index in [0.29, 0.717) is 5.41 Å². The van der Waals surface area contributed by atoms with Crippen molar-refractivity contribution in [1.29, 1.82) is 0 Å². The Bertz CT molecular complexity index is 667. The van der Waals surface area contributed by atoms with E-state index < -0.39 is 0 Å². The molecule has 142 valence electrons.